The number of sulfonamides is 1. The molecular formula is C12H20N4O2S. The molecule has 6 nitrogen and oxygen atoms in total. The smallest absolute Gasteiger partial charge is 0.262 e. The van der Waals surface area contributed by atoms with Gasteiger partial charge in [0.15, 0.2) is 5.03 Å². The van der Waals surface area contributed by atoms with E-state index in [2.05, 4.69) is 17.3 Å². The first-order valence-electron chi connectivity index (χ1n) is 6.47. The average Bonchev–Trinajstić information content (AvgIpc) is 2.64. The van der Waals surface area contributed by atoms with Crippen molar-refractivity contribution >= 4 is 15.7 Å². The van der Waals surface area contributed by atoms with E-state index in [1.807, 2.05) is 0 Å². The molecule has 1 aromatic rings. The lowest BCUT2D eigenvalue weighted by atomic mass is 10.0. The second-order valence-electron chi connectivity index (χ2n) is 4.94. The first-order valence-corrected chi connectivity index (χ1v) is 7.91. The van der Waals surface area contributed by atoms with Gasteiger partial charge < -0.3 is 5.43 Å². The average molecular weight is 284 g/mol. The van der Waals surface area contributed by atoms with Crippen LogP contribution in [0.1, 0.15) is 26.2 Å². The van der Waals surface area contributed by atoms with Gasteiger partial charge in [-0.25, -0.2) is 13.4 Å². The first kappa shape index (κ1) is 14.2. The van der Waals surface area contributed by atoms with E-state index in [0.717, 1.165) is 19.3 Å². The predicted octanol–water partition coefficient (Wildman–Crippen LogP) is 1.18. The number of nitrogens with one attached hydrogen (secondary N) is 1. The highest BCUT2D eigenvalue weighted by Gasteiger charge is 2.29. The van der Waals surface area contributed by atoms with Crippen molar-refractivity contribution in [3.05, 3.63) is 18.3 Å². The summed E-state index contributed by atoms with van der Waals surface area (Å²) in [6.07, 6.45) is 4.31. The number of hydrogen-bond acceptors (Lipinski definition) is 5. The van der Waals surface area contributed by atoms with Gasteiger partial charge >= 0.3 is 0 Å². The minimum atomic E-state index is -3.57. The standard InChI is InChI=1S/C12H20N4O2S/c1-10-4-3-8-16(9-6-10)19(17,18)12-11(15-13)5-2-7-14-12/h2,5,7,10,15H,3-4,6,8-9,13H2,1H3. The number of hydrazine groups is 1. The van der Waals surface area contributed by atoms with Gasteiger partial charge in [0.05, 0.1) is 5.69 Å². The quantitative estimate of drug-likeness (QED) is 0.642. The zero-order valence-electron chi connectivity index (χ0n) is 11.0. The maximum Gasteiger partial charge on any atom is 0.262 e. The Morgan fingerprint density at radius 2 is 2.21 bits per heavy atom. The summed E-state index contributed by atoms with van der Waals surface area (Å²) in [6.45, 7) is 3.25. The van der Waals surface area contributed by atoms with E-state index in [1.165, 1.54) is 10.5 Å². The third kappa shape index (κ3) is 3.05. The van der Waals surface area contributed by atoms with E-state index in [-0.39, 0.29) is 5.03 Å². The van der Waals surface area contributed by atoms with Crippen molar-refractivity contribution in [1.29, 1.82) is 0 Å². The van der Waals surface area contributed by atoms with Crippen LogP contribution in [0.2, 0.25) is 0 Å². The van der Waals surface area contributed by atoms with Gasteiger partial charge in [0.2, 0.25) is 0 Å². The van der Waals surface area contributed by atoms with Crippen LogP contribution >= 0.6 is 0 Å². The summed E-state index contributed by atoms with van der Waals surface area (Å²) in [5.41, 5.74) is 2.73. The largest absolute Gasteiger partial charge is 0.321 e. The molecule has 3 N–H and O–H groups in total. The number of rotatable bonds is 3. The van der Waals surface area contributed by atoms with Crippen LogP contribution in [0, 0.1) is 5.92 Å². The molecule has 1 fully saturated rings. The highest BCUT2D eigenvalue weighted by atomic mass is 32.2. The minimum absolute atomic E-state index is 0.00653. The number of nitrogens with two attached hydrogens (primary N) is 1. The van der Waals surface area contributed by atoms with Crippen molar-refractivity contribution in [3.8, 4) is 0 Å². The minimum Gasteiger partial charge on any atom is -0.321 e. The maximum atomic E-state index is 12.6. The van der Waals surface area contributed by atoms with Crippen LogP contribution in [0.5, 0.6) is 0 Å². The number of nitrogens with zero attached hydrogens (tertiary/aromatic N) is 2. The Hall–Kier alpha value is -1.18. The highest BCUT2D eigenvalue weighted by molar-refractivity contribution is 7.89. The number of nitrogen functional groups attached to an aromatic ring is 1. The molecule has 1 unspecified atom stereocenters. The van der Waals surface area contributed by atoms with Crippen molar-refractivity contribution in [2.45, 2.75) is 31.2 Å². The second kappa shape index (κ2) is 5.85. The molecule has 106 valence electrons. The highest BCUT2D eigenvalue weighted by Crippen LogP contribution is 2.25. The summed E-state index contributed by atoms with van der Waals surface area (Å²) in [6, 6.07) is 3.26. The van der Waals surface area contributed by atoms with Gasteiger partial charge in [0, 0.05) is 19.3 Å². The van der Waals surface area contributed by atoms with Crippen LogP contribution in [-0.2, 0) is 10.0 Å². The van der Waals surface area contributed by atoms with E-state index in [4.69, 9.17) is 5.84 Å². The van der Waals surface area contributed by atoms with E-state index in [9.17, 15) is 8.42 Å². The molecule has 2 rings (SSSR count). The third-order valence-electron chi connectivity index (χ3n) is 3.49. The molecule has 0 amide bonds. The molecule has 19 heavy (non-hydrogen) atoms. The van der Waals surface area contributed by atoms with E-state index >= 15 is 0 Å². The monoisotopic (exact) mass is 284 g/mol. The van der Waals surface area contributed by atoms with Gasteiger partial charge in [-0.05, 0) is 37.3 Å². The van der Waals surface area contributed by atoms with Crippen molar-refractivity contribution in [3.63, 3.8) is 0 Å². The lowest BCUT2D eigenvalue weighted by Gasteiger charge is -2.20. The van der Waals surface area contributed by atoms with Crippen LogP contribution in [0.3, 0.4) is 0 Å². The SMILES string of the molecule is CC1CCCN(S(=O)(=O)c2ncccc2NN)CC1. The van der Waals surface area contributed by atoms with Gasteiger partial charge in [-0.15, -0.1) is 0 Å². The molecule has 1 aliphatic rings. The molecule has 0 aromatic carbocycles. The Bertz CT molecular complexity index is 532. The van der Waals surface area contributed by atoms with Crippen molar-refractivity contribution < 1.29 is 8.42 Å². The molecule has 1 aromatic heterocycles. The molecule has 1 saturated heterocycles. The van der Waals surface area contributed by atoms with Gasteiger partial charge in [-0.1, -0.05) is 6.92 Å². The van der Waals surface area contributed by atoms with Crippen molar-refractivity contribution in [1.82, 2.24) is 9.29 Å². The molecule has 0 aliphatic carbocycles. The summed E-state index contributed by atoms with van der Waals surface area (Å²) in [5.74, 6) is 5.92. The third-order valence-corrected chi connectivity index (χ3v) is 5.35. The second-order valence-corrected chi connectivity index (χ2v) is 6.79. The summed E-state index contributed by atoms with van der Waals surface area (Å²) < 4.78 is 26.7. The fourth-order valence-corrected chi connectivity index (χ4v) is 3.86. The first-order chi connectivity index (χ1) is 9.05. The van der Waals surface area contributed by atoms with Crippen LogP contribution in [0.15, 0.2) is 23.4 Å². The molecule has 7 heteroatoms. The molecule has 2 heterocycles. The molecule has 0 bridgehead atoms. The fourth-order valence-electron chi connectivity index (χ4n) is 2.31. The number of pyridine rings is 1. The zero-order valence-corrected chi connectivity index (χ0v) is 11.9. The molecule has 0 radical (unpaired) electrons. The topological polar surface area (TPSA) is 88.3 Å². The van der Waals surface area contributed by atoms with Crippen LogP contribution in [-0.4, -0.2) is 30.8 Å². The van der Waals surface area contributed by atoms with E-state index in [1.54, 1.807) is 12.1 Å². The normalized spacial score (nSPS) is 21.9. The summed E-state index contributed by atoms with van der Waals surface area (Å²) in [5, 5.41) is 0.00653. The number of aromatic nitrogens is 1. The van der Waals surface area contributed by atoms with Crippen molar-refractivity contribution in [2.75, 3.05) is 18.5 Å². The van der Waals surface area contributed by atoms with Gasteiger partial charge in [-0.2, -0.15) is 4.31 Å². The van der Waals surface area contributed by atoms with E-state index < -0.39 is 10.0 Å². The Balaban J connectivity index is 2.31. The Morgan fingerprint density at radius 1 is 1.42 bits per heavy atom. The molecule has 1 aliphatic heterocycles. The van der Waals surface area contributed by atoms with Gasteiger partial charge in [0.25, 0.3) is 10.0 Å². The lowest BCUT2D eigenvalue weighted by molar-refractivity contribution is 0.415. The summed E-state index contributed by atoms with van der Waals surface area (Å²) >= 11 is 0. The fraction of sp³-hybridized carbons (Fsp3) is 0.583. The molecular weight excluding hydrogens is 264 g/mol. The zero-order chi connectivity index (χ0) is 13.9. The molecule has 0 saturated carbocycles. The molecule has 0 spiro atoms. The summed E-state index contributed by atoms with van der Waals surface area (Å²) in [7, 11) is -3.57. The lowest BCUT2D eigenvalue weighted by Crippen LogP contribution is -2.33. The maximum absolute atomic E-state index is 12.6. The van der Waals surface area contributed by atoms with Crippen LogP contribution < -0.4 is 11.3 Å². The summed E-state index contributed by atoms with van der Waals surface area (Å²) in [4.78, 5) is 3.97. The Morgan fingerprint density at radius 3 is 2.95 bits per heavy atom. The van der Waals surface area contributed by atoms with Gasteiger partial charge in [0.1, 0.15) is 0 Å². The van der Waals surface area contributed by atoms with Crippen molar-refractivity contribution in [2.24, 2.45) is 11.8 Å². The number of hydrogen-bond donors (Lipinski definition) is 2. The van der Waals surface area contributed by atoms with Crippen LogP contribution in [0.4, 0.5) is 5.69 Å². The predicted molar refractivity (Wildman–Crippen MR) is 73.8 cm³/mol. The number of anilines is 1. The van der Waals surface area contributed by atoms with E-state index in [0.29, 0.717) is 24.7 Å². The van der Waals surface area contributed by atoms with Crippen LogP contribution in [0.25, 0.3) is 0 Å². The Labute approximate surface area is 114 Å². The Kier molecular flexibility index (Phi) is 4.38. The van der Waals surface area contributed by atoms with Gasteiger partial charge in [-0.3, -0.25) is 5.84 Å². The molecule has 1 atom stereocenters.